The third-order valence-electron chi connectivity index (χ3n) is 4.37. The maximum Gasteiger partial charge on any atom is 0.130 e. The van der Waals surface area contributed by atoms with Gasteiger partial charge in [0.1, 0.15) is 11.6 Å². The van der Waals surface area contributed by atoms with Gasteiger partial charge in [-0.05, 0) is 38.5 Å². The zero-order chi connectivity index (χ0) is 13.9. The number of hydrogen-bond donors (Lipinski definition) is 1. The highest BCUT2D eigenvalue weighted by molar-refractivity contribution is 5.37. The largest absolute Gasteiger partial charge is 0.367 e. The van der Waals surface area contributed by atoms with E-state index in [1.165, 1.54) is 45.3 Å². The Bertz CT molecular complexity index is 448. The SMILES string of the molecule is CCc1nc(C)cc(NC2CCN(CC3CC3)CC2)n1. The molecule has 2 fully saturated rings. The molecule has 1 aliphatic carbocycles. The van der Waals surface area contributed by atoms with Crippen molar-refractivity contribution in [2.75, 3.05) is 25.0 Å². The number of nitrogens with one attached hydrogen (secondary N) is 1. The minimum absolute atomic E-state index is 0.574. The molecule has 0 unspecified atom stereocenters. The predicted molar refractivity (Wildman–Crippen MR) is 82.0 cm³/mol. The first kappa shape index (κ1) is 13.8. The van der Waals surface area contributed by atoms with Crippen molar-refractivity contribution in [1.82, 2.24) is 14.9 Å². The number of likely N-dealkylation sites (tertiary alicyclic amines) is 1. The fourth-order valence-electron chi connectivity index (χ4n) is 3.00. The molecule has 1 saturated carbocycles. The first-order valence-corrected chi connectivity index (χ1v) is 8.06. The predicted octanol–water partition coefficient (Wildman–Crippen LogP) is 2.63. The lowest BCUT2D eigenvalue weighted by atomic mass is 10.0. The quantitative estimate of drug-likeness (QED) is 0.896. The third-order valence-corrected chi connectivity index (χ3v) is 4.37. The Morgan fingerprint density at radius 2 is 1.95 bits per heavy atom. The zero-order valence-electron chi connectivity index (χ0n) is 12.7. The van der Waals surface area contributed by atoms with Crippen LogP contribution in [-0.4, -0.2) is 40.5 Å². The van der Waals surface area contributed by atoms with Crippen molar-refractivity contribution in [1.29, 1.82) is 0 Å². The fraction of sp³-hybridized carbons (Fsp3) is 0.750. The number of aryl methyl sites for hydroxylation is 2. The molecule has 1 aromatic heterocycles. The van der Waals surface area contributed by atoms with Gasteiger partial charge in [-0.25, -0.2) is 9.97 Å². The second-order valence-electron chi connectivity index (χ2n) is 6.33. The highest BCUT2D eigenvalue weighted by Gasteiger charge is 2.27. The van der Waals surface area contributed by atoms with Crippen molar-refractivity contribution in [2.24, 2.45) is 5.92 Å². The van der Waals surface area contributed by atoms with E-state index in [4.69, 9.17) is 0 Å². The minimum atomic E-state index is 0.574. The van der Waals surface area contributed by atoms with Crippen molar-refractivity contribution < 1.29 is 0 Å². The van der Waals surface area contributed by atoms with Crippen molar-refractivity contribution >= 4 is 5.82 Å². The maximum absolute atomic E-state index is 4.59. The molecule has 1 saturated heterocycles. The zero-order valence-corrected chi connectivity index (χ0v) is 12.7. The van der Waals surface area contributed by atoms with Crippen LogP contribution in [0.3, 0.4) is 0 Å². The van der Waals surface area contributed by atoms with Gasteiger partial charge in [0.25, 0.3) is 0 Å². The Morgan fingerprint density at radius 1 is 1.20 bits per heavy atom. The molecule has 110 valence electrons. The van der Waals surface area contributed by atoms with Crippen LogP contribution >= 0.6 is 0 Å². The Morgan fingerprint density at radius 3 is 2.60 bits per heavy atom. The summed E-state index contributed by atoms with van der Waals surface area (Å²) in [6, 6.07) is 2.64. The van der Waals surface area contributed by atoms with Crippen LogP contribution in [0.15, 0.2) is 6.07 Å². The molecule has 1 aliphatic heterocycles. The summed E-state index contributed by atoms with van der Waals surface area (Å²) in [5, 5.41) is 3.61. The van der Waals surface area contributed by atoms with Gasteiger partial charge in [-0.15, -0.1) is 0 Å². The number of nitrogens with zero attached hydrogens (tertiary/aromatic N) is 3. The molecule has 1 N–H and O–H groups in total. The first-order valence-electron chi connectivity index (χ1n) is 8.06. The maximum atomic E-state index is 4.59. The standard InChI is InChI=1S/C16H26N4/c1-3-15-17-12(2)10-16(19-15)18-14-6-8-20(9-7-14)11-13-4-5-13/h10,13-14H,3-9,11H2,1-2H3,(H,17,18,19). The summed E-state index contributed by atoms with van der Waals surface area (Å²) >= 11 is 0. The lowest BCUT2D eigenvalue weighted by Crippen LogP contribution is -2.40. The average Bonchev–Trinajstić information content (AvgIpc) is 3.24. The fourth-order valence-corrected chi connectivity index (χ4v) is 3.00. The van der Waals surface area contributed by atoms with Gasteiger partial charge in [0.2, 0.25) is 0 Å². The van der Waals surface area contributed by atoms with Crippen molar-refractivity contribution in [3.05, 3.63) is 17.6 Å². The Hall–Kier alpha value is -1.16. The van der Waals surface area contributed by atoms with Gasteiger partial charge in [-0.1, -0.05) is 6.92 Å². The van der Waals surface area contributed by atoms with E-state index in [-0.39, 0.29) is 0 Å². The van der Waals surface area contributed by atoms with E-state index in [9.17, 15) is 0 Å². The highest BCUT2D eigenvalue weighted by Crippen LogP contribution is 2.30. The highest BCUT2D eigenvalue weighted by atomic mass is 15.2. The molecule has 1 aromatic rings. The number of anilines is 1. The average molecular weight is 274 g/mol. The molecule has 4 nitrogen and oxygen atoms in total. The third kappa shape index (κ3) is 3.69. The molecule has 0 amide bonds. The summed E-state index contributed by atoms with van der Waals surface area (Å²) in [4.78, 5) is 11.7. The van der Waals surface area contributed by atoms with Crippen molar-refractivity contribution in [2.45, 2.75) is 52.0 Å². The van der Waals surface area contributed by atoms with Crippen LogP contribution in [-0.2, 0) is 6.42 Å². The van der Waals surface area contributed by atoms with E-state index >= 15 is 0 Å². The number of hydrogen-bond acceptors (Lipinski definition) is 4. The molecule has 0 bridgehead atoms. The van der Waals surface area contributed by atoms with Crippen molar-refractivity contribution in [3.8, 4) is 0 Å². The van der Waals surface area contributed by atoms with Crippen LogP contribution in [0.2, 0.25) is 0 Å². The molecule has 0 radical (unpaired) electrons. The number of rotatable bonds is 5. The topological polar surface area (TPSA) is 41.1 Å². The summed E-state index contributed by atoms with van der Waals surface area (Å²) in [6.45, 7) is 7.95. The summed E-state index contributed by atoms with van der Waals surface area (Å²) in [5.74, 6) is 2.96. The van der Waals surface area contributed by atoms with Crippen molar-refractivity contribution in [3.63, 3.8) is 0 Å². The van der Waals surface area contributed by atoms with E-state index in [1.54, 1.807) is 0 Å². The molecule has 4 heteroatoms. The number of piperidine rings is 1. The van der Waals surface area contributed by atoms with Gasteiger partial charge in [-0.3, -0.25) is 0 Å². The molecule has 3 rings (SSSR count). The van der Waals surface area contributed by atoms with Crippen LogP contribution in [0.4, 0.5) is 5.82 Å². The van der Waals surface area contributed by atoms with E-state index < -0.39 is 0 Å². The summed E-state index contributed by atoms with van der Waals surface area (Å²) in [6.07, 6.45) is 6.28. The lowest BCUT2D eigenvalue weighted by Gasteiger charge is -2.32. The Balaban J connectivity index is 1.52. The Kier molecular flexibility index (Phi) is 4.20. The van der Waals surface area contributed by atoms with Gasteiger partial charge in [-0.2, -0.15) is 0 Å². The molecule has 2 heterocycles. The summed E-state index contributed by atoms with van der Waals surface area (Å²) < 4.78 is 0. The number of aromatic nitrogens is 2. The monoisotopic (exact) mass is 274 g/mol. The van der Waals surface area contributed by atoms with E-state index in [1.807, 2.05) is 6.92 Å². The van der Waals surface area contributed by atoms with Gasteiger partial charge in [0.05, 0.1) is 0 Å². The van der Waals surface area contributed by atoms with E-state index in [2.05, 4.69) is 33.2 Å². The van der Waals surface area contributed by atoms with Gasteiger partial charge in [0.15, 0.2) is 0 Å². The van der Waals surface area contributed by atoms with E-state index in [0.29, 0.717) is 6.04 Å². The second kappa shape index (κ2) is 6.08. The first-order chi connectivity index (χ1) is 9.72. The molecular weight excluding hydrogens is 248 g/mol. The normalized spacial score (nSPS) is 21.1. The van der Waals surface area contributed by atoms with Crippen LogP contribution in [0.5, 0.6) is 0 Å². The molecule has 0 atom stereocenters. The van der Waals surface area contributed by atoms with E-state index in [0.717, 1.165) is 29.7 Å². The van der Waals surface area contributed by atoms with Gasteiger partial charge in [0, 0.05) is 43.9 Å². The summed E-state index contributed by atoms with van der Waals surface area (Å²) in [7, 11) is 0. The Labute approximate surface area is 122 Å². The molecule has 20 heavy (non-hydrogen) atoms. The van der Waals surface area contributed by atoms with Gasteiger partial charge >= 0.3 is 0 Å². The smallest absolute Gasteiger partial charge is 0.130 e. The van der Waals surface area contributed by atoms with Gasteiger partial charge < -0.3 is 10.2 Å². The molecule has 0 spiro atoms. The van der Waals surface area contributed by atoms with Crippen LogP contribution in [0.25, 0.3) is 0 Å². The molecule has 0 aromatic carbocycles. The van der Waals surface area contributed by atoms with Crippen LogP contribution in [0, 0.1) is 12.8 Å². The molecular formula is C16H26N4. The van der Waals surface area contributed by atoms with Crippen LogP contribution in [0.1, 0.15) is 44.1 Å². The minimum Gasteiger partial charge on any atom is -0.367 e. The molecule has 2 aliphatic rings. The summed E-state index contributed by atoms with van der Waals surface area (Å²) in [5.41, 5.74) is 1.06. The van der Waals surface area contributed by atoms with Crippen LogP contribution < -0.4 is 5.32 Å². The second-order valence-corrected chi connectivity index (χ2v) is 6.33. The lowest BCUT2D eigenvalue weighted by molar-refractivity contribution is 0.211.